The van der Waals surface area contributed by atoms with E-state index < -0.39 is 0 Å². The number of pyridine rings is 1. The number of benzene rings is 1. The van der Waals surface area contributed by atoms with Gasteiger partial charge in [-0.25, -0.2) is 0 Å². The first-order chi connectivity index (χ1) is 8.76. The van der Waals surface area contributed by atoms with Crippen LogP contribution in [-0.4, -0.2) is 17.9 Å². The number of methoxy groups -OCH3 is 1. The highest BCUT2D eigenvalue weighted by molar-refractivity contribution is 6.09. The Labute approximate surface area is 106 Å². The maximum Gasteiger partial charge on any atom is 0.215 e. The van der Waals surface area contributed by atoms with E-state index in [1.165, 1.54) is 0 Å². The molecule has 1 aromatic heterocycles. The van der Waals surface area contributed by atoms with Crippen molar-refractivity contribution in [2.24, 2.45) is 0 Å². The number of carbonyl (C=O) groups is 1. The Morgan fingerprint density at radius 2 is 2.11 bits per heavy atom. The molecule has 0 N–H and O–H groups in total. The van der Waals surface area contributed by atoms with Gasteiger partial charge in [0, 0.05) is 6.20 Å². The highest BCUT2D eigenvalue weighted by Gasteiger charge is 2.15. The number of nitrogens with zero attached hydrogens (tertiary/aromatic N) is 1. The van der Waals surface area contributed by atoms with Crippen molar-refractivity contribution >= 4 is 5.78 Å². The van der Waals surface area contributed by atoms with E-state index in [-0.39, 0.29) is 5.78 Å². The minimum absolute atomic E-state index is 0.109. The predicted octanol–water partition coefficient (Wildman–Crippen LogP) is 2.88. The summed E-state index contributed by atoms with van der Waals surface area (Å²) in [5.74, 6) is 0.477. The van der Waals surface area contributed by atoms with Gasteiger partial charge in [-0.05, 0) is 36.2 Å². The Hall–Kier alpha value is -2.16. The second kappa shape index (κ2) is 5.45. The van der Waals surface area contributed by atoms with Gasteiger partial charge < -0.3 is 4.74 Å². The zero-order valence-electron chi connectivity index (χ0n) is 10.5. The molecule has 0 aliphatic heterocycles. The third kappa shape index (κ3) is 2.40. The van der Waals surface area contributed by atoms with Gasteiger partial charge in [-0.15, -0.1) is 0 Å². The summed E-state index contributed by atoms with van der Waals surface area (Å²) in [6.45, 7) is 2.05. The SMILES string of the molecule is CCc1ccc(OC)c(C(=O)c2ccccn2)c1. The third-order valence-electron chi connectivity index (χ3n) is 2.81. The molecule has 92 valence electrons. The van der Waals surface area contributed by atoms with Gasteiger partial charge in [-0.2, -0.15) is 0 Å². The maximum absolute atomic E-state index is 12.4. The number of ether oxygens (including phenoxy) is 1. The summed E-state index contributed by atoms with van der Waals surface area (Å²) < 4.78 is 5.24. The van der Waals surface area contributed by atoms with Gasteiger partial charge in [-0.3, -0.25) is 9.78 Å². The van der Waals surface area contributed by atoms with Crippen molar-refractivity contribution in [1.29, 1.82) is 0 Å². The van der Waals surface area contributed by atoms with E-state index in [4.69, 9.17) is 4.74 Å². The van der Waals surface area contributed by atoms with Crippen molar-refractivity contribution in [2.75, 3.05) is 7.11 Å². The Morgan fingerprint density at radius 3 is 2.72 bits per heavy atom. The average Bonchev–Trinajstić information content (AvgIpc) is 2.46. The summed E-state index contributed by atoms with van der Waals surface area (Å²) in [6, 6.07) is 11.0. The minimum atomic E-state index is -0.109. The molecule has 2 rings (SSSR count). The maximum atomic E-state index is 12.4. The number of rotatable bonds is 4. The topological polar surface area (TPSA) is 39.2 Å². The molecule has 0 spiro atoms. The van der Waals surface area contributed by atoms with E-state index in [1.54, 1.807) is 31.5 Å². The zero-order valence-corrected chi connectivity index (χ0v) is 10.5. The smallest absolute Gasteiger partial charge is 0.215 e. The quantitative estimate of drug-likeness (QED) is 0.773. The molecular formula is C15H15NO2. The fourth-order valence-corrected chi connectivity index (χ4v) is 1.79. The van der Waals surface area contributed by atoms with Crippen molar-refractivity contribution in [3.05, 3.63) is 59.4 Å². The Bertz CT molecular complexity index is 550. The van der Waals surface area contributed by atoms with Gasteiger partial charge in [0.2, 0.25) is 5.78 Å². The molecule has 0 unspecified atom stereocenters. The molecule has 0 atom stereocenters. The van der Waals surface area contributed by atoms with Crippen LogP contribution in [0, 0.1) is 0 Å². The lowest BCUT2D eigenvalue weighted by molar-refractivity contribution is 0.103. The molecule has 0 fully saturated rings. The average molecular weight is 241 g/mol. The molecule has 2 aromatic rings. The summed E-state index contributed by atoms with van der Waals surface area (Å²) in [5.41, 5.74) is 2.11. The van der Waals surface area contributed by atoms with E-state index in [9.17, 15) is 4.79 Å². The van der Waals surface area contributed by atoms with Gasteiger partial charge in [0.15, 0.2) is 0 Å². The first kappa shape index (κ1) is 12.3. The van der Waals surface area contributed by atoms with Crippen LogP contribution in [0.3, 0.4) is 0 Å². The summed E-state index contributed by atoms with van der Waals surface area (Å²) in [6.07, 6.45) is 2.50. The number of aryl methyl sites for hydroxylation is 1. The molecule has 1 aromatic carbocycles. The van der Waals surface area contributed by atoms with Crippen LogP contribution in [0.15, 0.2) is 42.6 Å². The molecule has 3 heteroatoms. The normalized spacial score (nSPS) is 10.1. The zero-order chi connectivity index (χ0) is 13.0. The molecule has 0 bridgehead atoms. The van der Waals surface area contributed by atoms with E-state index in [2.05, 4.69) is 11.9 Å². The molecule has 3 nitrogen and oxygen atoms in total. The van der Waals surface area contributed by atoms with Crippen molar-refractivity contribution in [1.82, 2.24) is 4.98 Å². The number of carbonyl (C=O) groups excluding carboxylic acids is 1. The molecule has 0 aliphatic rings. The molecule has 0 amide bonds. The first-order valence-corrected chi connectivity index (χ1v) is 5.89. The van der Waals surface area contributed by atoms with Crippen molar-refractivity contribution < 1.29 is 9.53 Å². The summed E-state index contributed by atoms with van der Waals surface area (Å²) in [7, 11) is 1.57. The summed E-state index contributed by atoms with van der Waals surface area (Å²) in [4.78, 5) is 16.4. The number of aromatic nitrogens is 1. The third-order valence-corrected chi connectivity index (χ3v) is 2.81. The van der Waals surface area contributed by atoms with Crippen LogP contribution >= 0.6 is 0 Å². The van der Waals surface area contributed by atoms with Crippen LogP contribution in [0.5, 0.6) is 5.75 Å². The Morgan fingerprint density at radius 1 is 1.28 bits per heavy atom. The fourth-order valence-electron chi connectivity index (χ4n) is 1.79. The lowest BCUT2D eigenvalue weighted by atomic mass is 10.0. The fraction of sp³-hybridized carbons (Fsp3) is 0.200. The van der Waals surface area contributed by atoms with Gasteiger partial charge in [0.05, 0.1) is 12.7 Å². The van der Waals surface area contributed by atoms with E-state index in [1.807, 2.05) is 18.2 Å². The van der Waals surface area contributed by atoms with Gasteiger partial charge >= 0.3 is 0 Å². The van der Waals surface area contributed by atoms with Crippen LogP contribution < -0.4 is 4.74 Å². The monoisotopic (exact) mass is 241 g/mol. The lowest BCUT2D eigenvalue weighted by Gasteiger charge is -2.09. The highest BCUT2D eigenvalue weighted by Crippen LogP contribution is 2.22. The summed E-state index contributed by atoms with van der Waals surface area (Å²) in [5, 5.41) is 0. The Kier molecular flexibility index (Phi) is 3.72. The van der Waals surface area contributed by atoms with E-state index >= 15 is 0 Å². The van der Waals surface area contributed by atoms with E-state index in [0.717, 1.165) is 12.0 Å². The minimum Gasteiger partial charge on any atom is -0.496 e. The van der Waals surface area contributed by atoms with Crippen molar-refractivity contribution in [3.8, 4) is 5.75 Å². The second-order valence-corrected chi connectivity index (χ2v) is 3.93. The largest absolute Gasteiger partial charge is 0.496 e. The molecule has 1 heterocycles. The molecule has 0 aliphatic carbocycles. The van der Waals surface area contributed by atoms with Crippen LogP contribution in [0.1, 0.15) is 28.5 Å². The number of hydrogen-bond donors (Lipinski definition) is 0. The highest BCUT2D eigenvalue weighted by atomic mass is 16.5. The molecular weight excluding hydrogens is 226 g/mol. The van der Waals surface area contributed by atoms with Crippen LogP contribution in [0.25, 0.3) is 0 Å². The second-order valence-electron chi connectivity index (χ2n) is 3.93. The van der Waals surface area contributed by atoms with Crippen LogP contribution in [-0.2, 0) is 6.42 Å². The van der Waals surface area contributed by atoms with Crippen LogP contribution in [0.4, 0.5) is 0 Å². The van der Waals surface area contributed by atoms with Crippen LogP contribution in [0.2, 0.25) is 0 Å². The lowest BCUT2D eigenvalue weighted by Crippen LogP contribution is -2.06. The van der Waals surface area contributed by atoms with Crippen molar-refractivity contribution in [2.45, 2.75) is 13.3 Å². The molecule has 0 radical (unpaired) electrons. The number of ketones is 1. The standard InChI is InChI=1S/C15H15NO2/c1-3-11-7-8-14(18-2)12(10-11)15(17)13-6-4-5-9-16-13/h4-10H,3H2,1-2H3. The van der Waals surface area contributed by atoms with Gasteiger partial charge in [0.1, 0.15) is 11.4 Å². The predicted molar refractivity (Wildman–Crippen MR) is 70.0 cm³/mol. The van der Waals surface area contributed by atoms with Gasteiger partial charge in [-0.1, -0.05) is 19.1 Å². The van der Waals surface area contributed by atoms with E-state index in [0.29, 0.717) is 17.0 Å². The van der Waals surface area contributed by atoms with Gasteiger partial charge in [0.25, 0.3) is 0 Å². The first-order valence-electron chi connectivity index (χ1n) is 5.89. The Balaban J connectivity index is 2.46. The molecule has 0 saturated carbocycles. The molecule has 18 heavy (non-hydrogen) atoms. The summed E-state index contributed by atoms with van der Waals surface area (Å²) >= 11 is 0. The van der Waals surface area contributed by atoms with Crippen molar-refractivity contribution in [3.63, 3.8) is 0 Å². The number of hydrogen-bond acceptors (Lipinski definition) is 3. The molecule has 0 saturated heterocycles.